The Kier molecular flexibility index (Phi) is 6.48. The maximum absolute atomic E-state index is 13.6. The third-order valence-corrected chi connectivity index (χ3v) is 4.95. The molecule has 0 aromatic heterocycles. The molecule has 0 bridgehead atoms. The topological polar surface area (TPSA) is 58.6 Å². The van der Waals surface area contributed by atoms with E-state index in [-0.39, 0.29) is 36.4 Å². The Morgan fingerprint density at radius 3 is 2.64 bits per heavy atom. The first-order chi connectivity index (χ1) is 9.80. The Bertz CT molecular complexity index is 616. The van der Waals surface area contributed by atoms with Gasteiger partial charge in [-0.2, -0.15) is 13.1 Å². The summed E-state index contributed by atoms with van der Waals surface area (Å²) in [5, 5.41) is 3.09. The first kappa shape index (κ1) is 19.0. The minimum atomic E-state index is -3.85. The number of alkyl halides is 2. The van der Waals surface area contributed by atoms with E-state index in [1.165, 1.54) is 4.31 Å². The summed E-state index contributed by atoms with van der Waals surface area (Å²) in [5.74, 6) is -1.82. The quantitative estimate of drug-likeness (QED) is 0.890. The van der Waals surface area contributed by atoms with E-state index in [0.29, 0.717) is 12.6 Å². The summed E-state index contributed by atoms with van der Waals surface area (Å²) < 4.78 is 67.6. The van der Waals surface area contributed by atoms with Gasteiger partial charge in [0.15, 0.2) is 11.6 Å². The highest BCUT2D eigenvalue weighted by Crippen LogP contribution is 2.25. The predicted molar refractivity (Wildman–Crippen MR) is 76.5 cm³/mol. The molecule has 10 heteroatoms. The summed E-state index contributed by atoms with van der Waals surface area (Å²) in [6.07, 6.45) is 0. The second kappa shape index (κ2) is 7.49. The van der Waals surface area contributed by atoms with Crippen molar-refractivity contribution in [3.8, 4) is 5.75 Å². The molecule has 1 atom stereocenters. The second-order valence-electron chi connectivity index (χ2n) is 4.69. The molecule has 1 aliphatic rings. The van der Waals surface area contributed by atoms with Crippen molar-refractivity contribution < 1.29 is 26.3 Å². The number of hydrogen-bond donors (Lipinski definition) is 1. The van der Waals surface area contributed by atoms with E-state index < -0.39 is 28.2 Å². The number of sulfonamides is 1. The predicted octanol–water partition coefficient (Wildman–Crippen LogP) is 1.83. The third-order valence-electron chi connectivity index (χ3n) is 3.09. The zero-order chi connectivity index (χ0) is 15.6. The minimum Gasteiger partial charge on any atom is -0.432 e. The Hall–Kier alpha value is -1.03. The summed E-state index contributed by atoms with van der Waals surface area (Å²) in [4.78, 5) is -0.282. The Balaban J connectivity index is 0.00000242. The van der Waals surface area contributed by atoms with Gasteiger partial charge in [0.05, 0.1) is 4.90 Å². The second-order valence-corrected chi connectivity index (χ2v) is 6.63. The molecule has 1 saturated heterocycles. The molecule has 1 aromatic carbocycles. The molecule has 1 aliphatic heterocycles. The molecule has 1 fully saturated rings. The first-order valence-electron chi connectivity index (χ1n) is 6.28. The largest absolute Gasteiger partial charge is 0.432 e. The molecule has 2 rings (SSSR count). The van der Waals surface area contributed by atoms with Crippen molar-refractivity contribution in [3.63, 3.8) is 0 Å². The van der Waals surface area contributed by atoms with E-state index in [9.17, 15) is 21.6 Å². The van der Waals surface area contributed by atoms with Gasteiger partial charge in [0, 0.05) is 25.7 Å². The summed E-state index contributed by atoms with van der Waals surface area (Å²) in [6.45, 7) is -0.309. The number of halogens is 4. The van der Waals surface area contributed by atoms with Crippen molar-refractivity contribution in [2.24, 2.45) is 0 Å². The Labute approximate surface area is 132 Å². The van der Waals surface area contributed by atoms with Gasteiger partial charge in [-0.15, -0.1) is 12.4 Å². The number of ether oxygens (including phenoxy) is 1. The van der Waals surface area contributed by atoms with E-state index >= 15 is 0 Å². The van der Waals surface area contributed by atoms with Crippen molar-refractivity contribution in [2.75, 3.05) is 19.6 Å². The van der Waals surface area contributed by atoms with Gasteiger partial charge < -0.3 is 10.1 Å². The highest BCUT2D eigenvalue weighted by Gasteiger charge is 2.29. The molecular weight excluding hydrogens is 345 g/mol. The van der Waals surface area contributed by atoms with Crippen LogP contribution < -0.4 is 10.1 Å². The number of benzene rings is 1. The van der Waals surface area contributed by atoms with Crippen LogP contribution in [0.15, 0.2) is 23.1 Å². The number of nitrogens with one attached hydrogen (secondary N) is 1. The molecule has 22 heavy (non-hydrogen) atoms. The van der Waals surface area contributed by atoms with Crippen molar-refractivity contribution in [1.29, 1.82) is 0 Å². The molecular formula is C12H16ClF3N2O3S. The number of hydrogen-bond acceptors (Lipinski definition) is 4. The molecule has 1 aromatic rings. The molecule has 1 unspecified atom stereocenters. The number of nitrogens with zero attached hydrogens (tertiary/aromatic N) is 1. The lowest BCUT2D eigenvalue weighted by Crippen LogP contribution is -2.51. The van der Waals surface area contributed by atoms with E-state index in [1.54, 1.807) is 0 Å². The third kappa shape index (κ3) is 4.25. The molecule has 5 nitrogen and oxygen atoms in total. The van der Waals surface area contributed by atoms with Crippen molar-refractivity contribution in [2.45, 2.75) is 24.5 Å². The highest BCUT2D eigenvalue weighted by molar-refractivity contribution is 7.89. The van der Waals surface area contributed by atoms with Crippen LogP contribution in [-0.4, -0.2) is 45.0 Å². The van der Waals surface area contributed by atoms with Gasteiger partial charge in [0.1, 0.15) is 0 Å². The van der Waals surface area contributed by atoms with Crippen LogP contribution in [0.4, 0.5) is 13.2 Å². The summed E-state index contributed by atoms with van der Waals surface area (Å²) in [7, 11) is -3.85. The SMILES string of the molecule is CC1CN(S(=O)(=O)c2ccc(OC(F)F)c(F)c2)CCN1.Cl. The van der Waals surface area contributed by atoms with Gasteiger partial charge in [-0.25, -0.2) is 12.8 Å². The highest BCUT2D eigenvalue weighted by atomic mass is 35.5. The van der Waals surface area contributed by atoms with E-state index in [2.05, 4.69) is 10.1 Å². The van der Waals surface area contributed by atoms with E-state index in [1.807, 2.05) is 6.92 Å². The summed E-state index contributed by atoms with van der Waals surface area (Å²) in [6, 6.07) is 2.63. The first-order valence-corrected chi connectivity index (χ1v) is 7.72. The lowest BCUT2D eigenvalue weighted by molar-refractivity contribution is -0.0522. The van der Waals surface area contributed by atoms with Gasteiger partial charge in [0.2, 0.25) is 10.0 Å². The monoisotopic (exact) mass is 360 g/mol. The zero-order valence-electron chi connectivity index (χ0n) is 11.6. The molecule has 0 radical (unpaired) electrons. The van der Waals surface area contributed by atoms with Crippen LogP contribution in [0.3, 0.4) is 0 Å². The number of rotatable bonds is 4. The maximum Gasteiger partial charge on any atom is 0.387 e. The van der Waals surface area contributed by atoms with Gasteiger partial charge in [-0.05, 0) is 25.1 Å². The Morgan fingerprint density at radius 2 is 2.09 bits per heavy atom. The van der Waals surface area contributed by atoms with Crippen LogP contribution >= 0.6 is 12.4 Å². The summed E-state index contributed by atoms with van der Waals surface area (Å²) in [5.41, 5.74) is 0. The van der Waals surface area contributed by atoms with Crippen LogP contribution in [0.5, 0.6) is 5.75 Å². The fourth-order valence-corrected chi connectivity index (χ4v) is 3.64. The maximum atomic E-state index is 13.6. The Morgan fingerprint density at radius 1 is 1.41 bits per heavy atom. The standard InChI is InChI=1S/C12H15F3N2O3S.ClH/c1-8-7-17(5-4-16-8)21(18,19)9-2-3-11(10(13)6-9)20-12(14)15;/h2-3,6,8,12,16H,4-5,7H2,1H3;1H. The van der Waals surface area contributed by atoms with Gasteiger partial charge in [-0.3, -0.25) is 0 Å². The lowest BCUT2D eigenvalue weighted by atomic mass is 10.3. The molecule has 0 aliphatic carbocycles. The minimum absolute atomic E-state index is 0. The van der Waals surface area contributed by atoms with Crippen LogP contribution in [0.1, 0.15) is 6.92 Å². The van der Waals surface area contributed by atoms with Crippen LogP contribution in [0.25, 0.3) is 0 Å². The number of piperazine rings is 1. The zero-order valence-corrected chi connectivity index (χ0v) is 13.3. The molecule has 0 saturated carbocycles. The van der Waals surface area contributed by atoms with E-state index in [0.717, 1.165) is 12.1 Å². The molecule has 0 spiro atoms. The van der Waals surface area contributed by atoms with Crippen LogP contribution in [0.2, 0.25) is 0 Å². The fraction of sp³-hybridized carbons (Fsp3) is 0.500. The smallest absolute Gasteiger partial charge is 0.387 e. The average Bonchev–Trinajstić information content (AvgIpc) is 2.40. The van der Waals surface area contributed by atoms with Crippen LogP contribution in [-0.2, 0) is 10.0 Å². The molecule has 1 N–H and O–H groups in total. The fourth-order valence-electron chi connectivity index (χ4n) is 2.10. The van der Waals surface area contributed by atoms with Crippen molar-refractivity contribution in [3.05, 3.63) is 24.0 Å². The average molecular weight is 361 g/mol. The normalized spacial score (nSPS) is 19.8. The molecule has 126 valence electrons. The molecule has 1 heterocycles. The van der Waals surface area contributed by atoms with Crippen molar-refractivity contribution in [1.82, 2.24) is 9.62 Å². The van der Waals surface area contributed by atoms with E-state index in [4.69, 9.17) is 0 Å². The summed E-state index contributed by atoms with van der Waals surface area (Å²) >= 11 is 0. The van der Waals surface area contributed by atoms with Crippen LogP contribution in [0, 0.1) is 5.82 Å². The van der Waals surface area contributed by atoms with Gasteiger partial charge in [-0.1, -0.05) is 0 Å². The molecule has 0 amide bonds. The van der Waals surface area contributed by atoms with Gasteiger partial charge >= 0.3 is 6.61 Å². The van der Waals surface area contributed by atoms with Gasteiger partial charge in [0.25, 0.3) is 0 Å². The van der Waals surface area contributed by atoms with Crippen molar-refractivity contribution >= 4 is 22.4 Å². The lowest BCUT2D eigenvalue weighted by Gasteiger charge is -2.31.